The Morgan fingerprint density at radius 1 is 0.725 bits per heavy atom. The maximum atomic E-state index is 12.4. The maximum Gasteiger partial charge on any atom is 0.307 e. The van der Waals surface area contributed by atoms with Crippen molar-refractivity contribution in [3.8, 4) is 0 Å². The number of carboxylic acid groups (broad SMARTS) is 1. The molecule has 6 atom stereocenters. The van der Waals surface area contributed by atoms with E-state index < -0.39 is 25.6 Å². The summed E-state index contributed by atoms with van der Waals surface area (Å²) in [5.41, 5.74) is 9.55. The highest BCUT2D eigenvalue weighted by Crippen LogP contribution is 2.48. The van der Waals surface area contributed by atoms with E-state index in [1.807, 2.05) is 62.4 Å². The number of sulfone groups is 2. The topological polar surface area (TPSA) is 186 Å². The Labute approximate surface area is 323 Å². The van der Waals surface area contributed by atoms with Crippen molar-refractivity contribution in [1.29, 1.82) is 0 Å². The van der Waals surface area contributed by atoms with Crippen molar-refractivity contribution in [2.45, 2.75) is 60.7 Å². The zero-order chi connectivity index (χ0) is 37.9. The summed E-state index contributed by atoms with van der Waals surface area (Å²) in [5.74, 6) is -0.189. The maximum absolute atomic E-state index is 12.4. The number of carboxylic acids is 1. The normalized spacial score (nSPS) is 19.9. The summed E-state index contributed by atoms with van der Waals surface area (Å²) in [7, 11) is -6.51. The molecule has 4 N–H and O–H groups in total. The zero-order valence-corrected chi connectivity index (χ0v) is 34.5. The van der Waals surface area contributed by atoms with Gasteiger partial charge in [0, 0.05) is 74.1 Å². The molecule has 6 rings (SSSR count). The molecule has 0 unspecified atom stereocenters. The summed E-state index contributed by atoms with van der Waals surface area (Å²) >= 11 is 4.24. The van der Waals surface area contributed by atoms with Crippen molar-refractivity contribution in [3.63, 3.8) is 0 Å². The highest BCUT2D eigenvalue weighted by Gasteiger charge is 2.44. The van der Waals surface area contributed by atoms with E-state index in [0.29, 0.717) is 5.92 Å². The van der Waals surface area contributed by atoms with E-state index >= 15 is 0 Å². The molecular weight excluding hydrogens is 918 g/mol. The second-order valence-corrected chi connectivity index (χ2v) is 16.4. The number of hydrogen-bond donors (Lipinski definition) is 3. The fraction of sp³-hybridized carbons (Fsp3) is 0.333. The minimum Gasteiger partial charge on any atom is -0.481 e. The van der Waals surface area contributed by atoms with Crippen LogP contribution in [0, 0.1) is 11.8 Å². The molecule has 1 amide bonds. The molecule has 2 aromatic carbocycles. The van der Waals surface area contributed by atoms with Crippen LogP contribution in [0.1, 0.15) is 72.9 Å². The van der Waals surface area contributed by atoms with Gasteiger partial charge in [-0.15, -0.1) is 0 Å². The van der Waals surface area contributed by atoms with Crippen LogP contribution in [0.2, 0.25) is 0 Å². The molecule has 2 aromatic heterocycles. The van der Waals surface area contributed by atoms with Gasteiger partial charge in [-0.05, 0) is 72.9 Å². The molecule has 15 heteroatoms. The van der Waals surface area contributed by atoms with Crippen LogP contribution in [-0.2, 0) is 29.3 Å². The van der Waals surface area contributed by atoms with E-state index in [4.69, 9.17) is 10.8 Å². The number of nitrogens with one attached hydrogen (secondary N) is 1. The molecule has 2 aliphatic carbocycles. The number of halogens is 2. The first-order chi connectivity index (χ1) is 24.1. The smallest absolute Gasteiger partial charge is 0.307 e. The number of aromatic nitrogens is 2. The molecule has 2 aliphatic rings. The first-order valence-corrected chi connectivity index (χ1v) is 26.0. The molecular formula is C36H42I2N4O7S2. The van der Waals surface area contributed by atoms with E-state index in [9.17, 15) is 26.4 Å². The third-order valence-corrected chi connectivity index (χ3v) is 10.4. The zero-order valence-electron chi connectivity index (χ0n) is 28.6. The summed E-state index contributed by atoms with van der Waals surface area (Å²) in [5, 5.41) is 11.8. The van der Waals surface area contributed by atoms with Crippen LogP contribution in [0.5, 0.6) is 0 Å². The lowest BCUT2D eigenvalue weighted by atomic mass is 10.1. The lowest BCUT2D eigenvalue weighted by Crippen LogP contribution is -2.28. The lowest BCUT2D eigenvalue weighted by Gasteiger charge is -2.14. The molecule has 0 bridgehead atoms. The number of amides is 1. The van der Waals surface area contributed by atoms with Gasteiger partial charge in [0.2, 0.25) is 5.91 Å². The van der Waals surface area contributed by atoms with Gasteiger partial charge in [-0.2, -0.15) is 0 Å². The van der Waals surface area contributed by atoms with Gasteiger partial charge in [0.05, 0.1) is 12.0 Å². The Morgan fingerprint density at radius 2 is 1.14 bits per heavy atom. The molecule has 0 spiro atoms. The van der Waals surface area contributed by atoms with Gasteiger partial charge < -0.3 is 16.2 Å². The SMILES string of the molecule is C[C@H](N)c1ccc(S(C)(=O)=O)nc1.C[C@H](NC(=O)[C@H]1C[C@@H]1c1ccccc1)c1ccc(S(C)(=O)=O)nc1.II.O=C(O)[C@H]1C[C@@H]1c1ccccc1. The van der Waals surface area contributed by atoms with E-state index in [2.05, 4.69) is 64.6 Å². The Bertz CT molecular complexity index is 1950. The number of nitrogens with two attached hydrogens (primary N) is 1. The van der Waals surface area contributed by atoms with Crippen LogP contribution in [0.15, 0.2) is 107 Å². The number of aliphatic carboxylic acids is 1. The van der Waals surface area contributed by atoms with Gasteiger partial charge >= 0.3 is 5.97 Å². The molecule has 2 fully saturated rings. The molecule has 4 aromatic rings. The Hall–Kier alpha value is -3.00. The van der Waals surface area contributed by atoms with Crippen LogP contribution in [0.4, 0.5) is 0 Å². The van der Waals surface area contributed by atoms with Crippen LogP contribution in [0.25, 0.3) is 0 Å². The number of benzene rings is 2. The quantitative estimate of drug-likeness (QED) is 0.154. The first kappa shape index (κ1) is 42.4. The third-order valence-electron chi connectivity index (χ3n) is 8.35. The second kappa shape index (κ2) is 19.2. The van der Waals surface area contributed by atoms with Crippen molar-refractivity contribution >= 4 is 68.8 Å². The van der Waals surface area contributed by atoms with Gasteiger partial charge in [0.1, 0.15) is 0 Å². The predicted molar refractivity (Wildman–Crippen MR) is 214 cm³/mol. The van der Waals surface area contributed by atoms with Crippen LogP contribution in [-0.4, -0.2) is 56.3 Å². The number of hydrogen-bond acceptors (Lipinski definition) is 9. The largest absolute Gasteiger partial charge is 0.481 e. The molecule has 51 heavy (non-hydrogen) atoms. The monoisotopic (exact) mass is 960 g/mol. The molecule has 11 nitrogen and oxygen atoms in total. The van der Waals surface area contributed by atoms with E-state index in [0.717, 1.165) is 42.0 Å². The fourth-order valence-corrected chi connectivity index (χ4v) is 6.36. The van der Waals surface area contributed by atoms with E-state index in [1.165, 1.54) is 30.1 Å². The molecule has 274 valence electrons. The summed E-state index contributed by atoms with van der Waals surface area (Å²) in [6.45, 7) is 3.69. The predicted octanol–water partition coefficient (Wildman–Crippen LogP) is 6.62. The summed E-state index contributed by atoms with van der Waals surface area (Å²) < 4.78 is 44.9. The summed E-state index contributed by atoms with van der Waals surface area (Å²) in [4.78, 5) is 30.7. The Morgan fingerprint density at radius 3 is 1.49 bits per heavy atom. The third kappa shape index (κ3) is 13.2. The number of carbonyl (C=O) groups excluding carboxylic acids is 1. The second-order valence-electron chi connectivity index (χ2n) is 12.5. The van der Waals surface area contributed by atoms with Crippen molar-refractivity contribution < 1.29 is 31.5 Å². The highest BCUT2D eigenvalue weighted by atomic mass is 128. The Balaban J connectivity index is 0.000000220. The first-order valence-electron chi connectivity index (χ1n) is 15.9. The molecule has 2 heterocycles. The lowest BCUT2D eigenvalue weighted by molar-refractivity contribution is -0.138. The van der Waals surface area contributed by atoms with Gasteiger partial charge in [0.15, 0.2) is 29.7 Å². The van der Waals surface area contributed by atoms with Crippen molar-refractivity contribution in [1.82, 2.24) is 15.3 Å². The number of carbonyl (C=O) groups is 2. The van der Waals surface area contributed by atoms with Crippen LogP contribution < -0.4 is 11.1 Å². The van der Waals surface area contributed by atoms with Crippen molar-refractivity contribution in [2.75, 3.05) is 12.5 Å². The van der Waals surface area contributed by atoms with Crippen LogP contribution >= 0.6 is 37.2 Å². The van der Waals surface area contributed by atoms with Crippen molar-refractivity contribution in [3.05, 3.63) is 120 Å². The van der Waals surface area contributed by atoms with E-state index in [1.54, 1.807) is 12.1 Å². The average molecular weight is 961 g/mol. The number of nitrogens with zero attached hydrogens (tertiary/aromatic N) is 2. The van der Waals surface area contributed by atoms with Gasteiger partial charge in [0.25, 0.3) is 0 Å². The standard InChI is InChI=1S/C18H20N2O3S.C10H10O2.C8H12N2O2S.I2/c1-12(14-8-9-17(19-11-14)24(2,22)23)20-18(21)16-10-15(16)13-6-4-3-5-7-13;11-10(12)9-6-8(9)7-4-2-1-3-5-7;1-6(9)7-3-4-8(10-5-7)13(2,11)12;1-2/h3-9,11-12,15-16H,10H2,1-2H3,(H,20,21);1-5,8-9H,6H2,(H,11,12);3-6H,9H2,1-2H3;/t12-,15+,16-;8-,9+;6-;/m010./s1. The molecule has 2 saturated carbocycles. The summed E-state index contributed by atoms with van der Waals surface area (Å²) in [6.07, 6.45) is 6.91. The number of pyridine rings is 2. The fourth-order valence-electron chi connectivity index (χ4n) is 5.24. The van der Waals surface area contributed by atoms with Crippen LogP contribution in [0.3, 0.4) is 0 Å². The van der Waals surface area contributed by atoms with Gasteiger partial charge in [-0.3, -0.25) is 9.59 Å². The average Bonchev–Trinajstić information content (AvgIpc) is 4.05. The van der Waals surface area contributed by atoms with Gasteiger partial charge in [-0.25, -0.2) is 26.8 Å². The minimum atomic E-state index is -3.31. The summed E-state index contributed by atoms with van der Waals surface area (Å²) in [6, 6.07) is 25.8. The van der Waals surface area contributed by atoms with E-state index in [-0.39, 0.29) is 45.8 Å². The Kier molecular flexibility index (Phi) is 16.0. The number of rotatable bonds is 9. The van der Waals surface area contributed by atoms with Crippen molar-refractivity contribution in [2.24, 2.45) is 17.6 Å². The molecule has 0 saturated heterocycles. The minimum absolute atomic E-state index is 0.0121. The van der Waals surface area contributed by atoms with Gasteiger partial charge in [-0.1, -0.05) is 72.8 Å². The highest BCUT2D eigenvalue weighted by molar-refractivity contribution is 15.0. The molecule has 0 radical (unpaired) electrons. The molecule has 0 aliphatic heterocycles.